The van der Waals surface area contributed by atoms with Gasteiger partial charge in [0.15, 0.2) is 0 Å². The van der Waals surface area contributed by atoms with Crippen molar-refractivity contribution in [2.75, 3.05) is 13.1 Å². The molecule has 2 atom stereocenters. The summed E-state index contributed by atoms with van der Waals surface area (Å²) in [6, 6.07) is 12.0. The highest BCUT2D eigenvalue weighted by molar-refractivity contribution is 6.07. The molecule has 5 rings (SSSR count). The van der Waals surface area contributed by atoms with Crippen molar-refractivity contribution in [1.29, 1.82) is 0 Å². The molecule has 0 aliphatic carbocycles. The zero-order chi connectivity index (χ0) is 21.5. The van der Waals surface area contributed by atoms with Crippen LogP contribution in [0.1, 0.15) is 22.5 Å². The van der Waals surface area contributed by atoms with Crippen molar-refractivity contribution in [2.45, 2.75) is 25.2 Å². The van der Waals surface area contributed by atoms with E-state index in [4.69, 9.17) is 0 Å². The van der Waals surface area contributed by atoms with E-state index in [-0.39, 0.29) is 29.9 Å². The molecule has 1 amide bonds. The first kappa shape index (κ1) is 22.2. The monoisotopic (exact) mass is 459 g/mol. The van der Waals surface area contributed by atoms with Gasteiger partial charge in [-0.1, -0.05) is 24.3 Å². The Bertz CT molecular complexity index is 1280. The van der Waals surface area contributed by atoms with Gasteiger partial charge in [0, 0.05) is 30.6 Å². The molecule has 0 spiro atoms. The third-order valence-electron chi connectivity index (χ3n) is 5.98. The molecule has 0 unspecified atom stereocenters. The predicted molar refractivity (Wildman–Crippen MR) is 123 cm³/mol. The number of nitrogens with zero attached hydrogens (tertiary/aromatic N) is 3. The third-order valence-corrected chi connectivity index (χ3v) is 5.98. The van der Waals surface area contributed by atoms with Gasteiger partial charge in [-0.25, -0.2) is 8.78 Å². The molecule has 6 nitrogen and oxygen atoms in total. The van der Waals surface area contributed by atoms with Gasteiger partial charge in [0.2, 0.25) is 0 Å². The summed E-state index contributed by atoms with van der Waals surface area (Å²) in [5.41, 5.74) is 2.63. The standard InChI is InChI=1S/C23H23F2N5O.ClH/c1-29-20-7-3-2-5-14(20)19(28-29)13-30-12-15(22-16(24)6-4-8-21(22)30)23(31)27-18-9-10-26-11-17(18)25;/h2-8,12,17-18,26H,9-11,13H2,1H3,(H,27,31);1H/t17-,18+;/m1./s1. The summed E-state index contributed by atoms with van der Waals surface area (Å²) in [5.74, 6) is -0.941. The smallest absolute Gasteiger partial charge is 0.253 e. The van der Waals surface area contributed by atoms with E-state index in [0.717, 1.165) is 16.6 Å². The van der Waals surface area contributed by atoms with Crippen LogP contribution in [0.5, 0.6) is 0 Å². The summed E-state index contributed by atoms with van der Waals surface area (Å²) in [5, 5.41) is 11.6. The predicted octanol–water partition coefficient (Wildman–Crippen LogP) is 3.57. The topological polar surface area (TPSA) is 63.9 Å². The SMILES string of the molecule is Cl.Cn1nc(Cn2cc(C(=O)N[C@H]3CCNC[C@H]3F)c3c(F)cccc32)c2ccccc21. The van der Waals surface area contributed by atoms with Crippen LogP contribution in [-0.2, 0) is 13.6 Å². The highest BCUT2D eigenvalue weighted by Crippen LogP contribution is 2.27. The first-order chi connectivity index (χ1) is 15.0. The Morgan fingerprint density at radius 3 is 2.81 bits per heavy atom. The Kier molecular flexibility index (Phi) is 6.17. The summed E-state index contributed by atoms with van der Waals surface area (Å²) < 4.78 is 32.6. The van der Waals surface area contributed by atoms with Crippen molar-refractivity contribution >= 4 is 40.1 Å². The number of benzene rings is 2. The van der Waals surface area contributed by atoms with E-state index >= 15 is 0 Å². The molecule has 2 aromatic carbocycles. The average molecular weight is 460 g/mol. The number of aryl methyl sites for hydroxylation is 1. The number of aromatic nitrogens is 3. The van der Waals surface area contributed by atoms with Crippen molar-refractivity contribution < 1.29 is 13.6 Å². The number of fused-ring (bicyclic) bond motifs is 2. The normalized spacial score (nSPS) is 18.6. The second kappa shape index (κ2) is 8.88. The van der Waals surface area contributed by atoms with Crippen molar-refractivity contribution in [3.05, 3.63) is 65.7 Å². The molecule has 3 heterocycles. The molecule has 1 saturated heterocycles. The van der Waals surface area contributed by atoms with Crippen LogP contribution in [0, 0.1) is 5.82 Å². The van der Waals surface area contributed by atoms with Crippen LogP contribution in [0.3, 0.4) is 0 Å². The average Bonchev–Trinajstić information content (AvgIpc) is 3.29. The Labute approximate surface area is 190 Å². The number of hydrogen-bond donors (Lipinski definition) is 2. The van der Waals surface area contributed by atoms with E-state index in [9.17, 15) is 13.6 Å². The summed E-state index contributed by atoms with van der Waals surface area (Å²) in [6.07, 6.45) is 0.963. The lowest BCUT2D eigenvalue weighted by Crippen LogP contribution is -2.50. The molecule has 1 aliphatic heterocycles. The van der Waals surface area contributed by atoms with Crippen LogP contribution in [-0.4, -0.2) is 45.6 Å². The minimum absolute atomic E-state index is 0. The number of piperidine rings is 1. The maximum Gasteiger partial charge on any atom is 0.253 e. The van der Waals surface area contributed by atoms with Gasteiger partial charge in [-0.05, 0) is 31.2 Å². The van der Waals surface area contributed by atoms with Gasteiger partial charge in [-0.3, -0.25) is 9.48 Å². The number of carbonyl (C=O) groups excluding carboxylic acids is 1. The van der Waals surface area contributed by atoms with Crippen LogP contribution in [0.4, 0.5) is 8.78 Å². The molecule has 32 heavy (non-hydrogen) atoms. The van der Waals surface area contributed by atoms with Crippen LogP contribution in [0.15, 0.2) is 48.7 Å². The zero-order valence-corrected chi connectivity index (χ0v) is 18.3. The maximum absolute atomic E-state index is 14.8. The lowest BCUT2D eigenvalue weighted by atomic mass is 10.0. The molecule has 0 radical (unpaired) electrons. The molecule has 168 valence electrons. The number of halogens is 3. The van der Waals surface area contributed by atoms with E-state index in [1.54, 1.807) is 18.3 Å². The van der Waals surface area contributed by atoms with Crippen molar-refractivity contribution in [1.82, 2.24) is 25.0 Å². The van der Waals surface area contributed by atoms with E-state index in [1.165, 1.54) is 6.07 Å². The van der Waals surface area contributed by atoms with Gasteiger partial charge in [0.05, 0.1) is 34.9 Å². The van der Waals surface area contributed by atoms with Gasteiger partial charge < -0.3 is 15.2 Å². The minimum atomic E-state index is -1.17. The van der Waals surface area contributed by atoms with Gasteiger partial charge in [0.1, 0.15) is 12.0 Å². The molecule has 9 heteroatoms. The highest BCUT2D eigenvalue weighted by atomic mass is 35.5. The minimum Gasteiger partial charge on any atom is -0.346 e. The molecule has 2 N–H and O–H groups in total. The fourth-order valence-corrected chi connectivity index (χ4v) is 4.41. The lowest BCUT2D eigenvalue weighted by Gasteiger charge is -2.27. The molecule has 2 aromatic heterocycles. The fraction of sp³-hybridized carbons (Fsp3) is 0.304. The summed E-state index contributed by atoms with van der Waals surface area (Å²) >= 11 is 0. The molecule has 1 aliphatic rings. The van der Waals surface area contributed by atoms with Crippen molar-refractivity contribution in [3.63, 3.8) is 0 Å². The first-order valence-electron chi connectivity index (χ1n) is 10.4. The Morgan fingerprint density at radius 1 is 1.22 bits per heavy atom. The third kappa shape index (κ3) is 3.84. The molecule has 1 fully saturated rings. The van der Waals surface area contributed by atoms with Crippen LogP contribution in [0.25, 0.3) is 21.8 Å². The molecular weight excluding hydrogens is 436 g/mol. The van der Waals surface area contributed by atoms with E-state index < -0.39 is 23.9 Å². The van der Waals surface area contributed by atoms with Gasteiger partial charge in [-0.2, -0.15) is 5.10 Å². The van der Waals surface area contributed by atoms with E-state index in [2.05, 4.69) is 15.7 Å². The number of hydrogen-bond acceptors (Lipinski definition) is 3. The second-order valence-corrected chi connectivity index (χ2v) is 7.98. The summed E-state index contributed by atoms with van der Waals surface area (Å²) in [4.78, 5) is 13.0. The van der Waals surface area contributed by atoms with Gasteiger partial charge in [-0.15, -0.1) is 12.4 Å². The summed E-state index contributed by atoms with van der Waals surface area (Å²) in [7, 11) is 1.88. The number of alkyl halides is 1. The molecular formula is C23H24ClF2N5O. The Balaban J connectivity index is 0.00000245. The van der Waals surface area contributed by atoms with E-state index in [0.29, 0.717) is 25.0 Å². The maximum atomic E-state index is 14.8. The Morgan fingerprint density at radius 2 is 2.00 bits per heavy atom. The van der Waals surface area contributed by atoms with Gasteiger partial charge in [0.25, 0.3) is 5.91 Å². The van der Waals surface area contributed by atoms with Gasteiger partial charge >= 0.3 is 0 Å². The number of rotatable bonds is 4. The van der Waals surface area contributed by atoms with Crippen LogP contribution < -0.4 is 10.6 Å². The zero-order valence-electron chi connectivity index (χ0n) is 17.5. The molecule has 4 aromatic rings. The summed E-state index contributed by atoms with van der Waals surface area (Å²) in [6.45, 7) is 1.22. The first-order valence-corrected chi connectivity index (χ1v) is 10.4. The quantitative estimate of drug-likeness (QED) is 0.490. The fourth-order valence-electron chi connectivity index (χ4n) is 4.41. The molecule has 0 bridgehead atoms. The van der Waals surface area contributed by atoms with E-state index in [1.807, 2.05) is 40.6 Å². The number of nitrogens with one attached hydrogen (secondary N) is 2. The number of para-hydroxylation sites is 1. The number of carbonyl (C=O) groups is 1. The largest absolute Gasteiger partial charge is 0.346 e. The van der Waals surface area contributed by atoms with Crippen LogP contribution >= 0.6 is 12.4 Å². The Hall–Kier alpha value is -2.97. The van der Waals surface area contributed by atoms with Crippen molar-refractivity contribution in [2.24, 2.45) is 7.05 Å². The van der Waals surface area contributed by atoms with Crippen LogP contribution in [0.2, 0.25) is 0 Å². The number of amides is 1. The lowest BCUT2D eigenvalue weighted by molar-refractivity contribution is 0.0893. The highest BCUT2D eigenvalue weighted by Gasteiger charge is 2.28. The second-order valence-electron chi connectivity index (χ2n) is 7.98. The molecule has 0 saturated carbocycles. The van der Waals surface area contributed by atoms with Crippen molar-refractivity contribution in [3.8, 4) is 0 Å².